The largest absolute Gasteiger partial charge is 0.391 e. The van der Waals surface area contributed by atoms with E-state index in [2.05, 4.69) is 63.5 Å². The van der Waals surface area contributed by atoms with E-state index in [0.29, 0.717) is 57.8 Å². The molecular formula is C76H104N20O18S. The average molecular weight is 1620 g/mol. The summed E-state index contributed by atoms with van der Waals surface area (Å²) in [6.07, 6.45) is 1.32. The summed E-state index contributed by atoms with van der Waals surface area (Å²) in [7, 11) is 4.69. The topological polar surface area (TPSA) is 599 Å². The standard InChI is InChI=1S/C76H104N20O18S/c1-38(2)62-73(111)89-50(30-44-35-95(6)55-24-11-9-20-46(44)55)70(108)92-63(40(4)97)74(112)84-48(22-14-26-58(78)99)67(105)90-53(65(81)103)36-115-37-61(102)83-39(3)76(114)96(7)56(28-41-16-15-27-82-33-41)72(110)88-52(32-60(80)101)71(109)93-64(42-17-12-18-42)75(113)85-47(21-13-25-57(77)98)66(104)87-51(31-59(79)100)68(106)86-49(69(107)91-62)29-43-34-94(5)54-23-10-8-19-45(43)54/h8-11,15-16,19-20,23-24,27,33-35,38-40,42,47-53,56,62-64,97H,12-14,17-18,21-22,25-26,28-32,36-37H2,1-7H3,(H2,77,98)(H2,78,99)(H2,79,100)(H2,80,101)(H2,81,103)(H,83,102)(H,84,112)(H,85,113)(H,86,106)(H,87,104)(H,88,110)(H,89,111)(H,90,105)(H,91,107)(H,92,108)(H,93,109)/t39-,40-,47+,48+,49+,50+,51+,52+,53+,56+,62+,63+,64+/m1/s1. The molecule has 115 heavy (non-hydrogen) atoms. The normalized spacial score (nSPS) is 24.3. The second kappa shape index (κ2) is 42.2. The summed E-state index contributed by atoms with van der Waals surface area (Å²) in [4.78, 5) is 245. The van der Waals surface area contributed by atoms with E-state index < -0.39 is 215 Å². The van der Waals surface area contributed by atoms with E-state index in [4.69, 9.17) is 28.7 Å². The van der Waals surface area contributed by atoms with E-state index in [1.807, 2.05) is 0 Å². The Morgan fingerprint density at radius 2 is 0.965 bits per heavy atom. The number of nitrogens with zero attached hydrogens (tertiary/aromatic N) is 4. The third kappa shape index (κ3) is 26.0. The van der Waals surface area contributed by atoms with Crippen LogP contribution in [0.15, 0.2) is 85.5 Å². The Morgan fingerprint density at radius 3 is 1.44 bits per heavy atom. The van der Waals surface area contributed by atoms with Crippen molar-refractivity contribution in [3.05, 3.63) is 102 Å². The van der Waals surface area contributed by atoms with Gasteiger partial charge < -0.3 is 106 Å². The second-order valence-electron chi connectivity index (χ2n) is 29.3. The number of benzene rings is 2. The molecule has 38 nitrogen and oxygen atoms in total. The quantitative estimate of drug-likeness (QED) is 0.0310. The smallest absolute Gasteiger partial charge is 0.245 e. The number of carbonyl (C=O) groups excluding carboxylic acids is 17. The van der Waals surface area contributed by atoms with Gasteiger partial charge in [0.15, 0.2) is 0 Å². The predicted octanol–water partition coefficient (Wildman–Crippen LogP) is -4.60. The number of aliphatic hydroxyl groups excluding tert-OH is 1. The molecule has 3 aromatic heterocycles. The number of nitrogens with two attached hydrogens (primary N) is 5. The zero-order chi connectivity index (χ0) is 84.7. The maximum absolute atomic E-state index is 15.3. The van der Waals surface area contributed by atoms with Crippen LogP contribution in [-0.4, -0.2) is 222 Å². The van der Waals surface area contributed by atoms with Gasteiger partial charge in [-0.2, -0.15) is 0 Å². The molecule has 39 heteroatoms. The number of thioether (sulfide) groups is 1. The lowest BCUT2D eigenvalue weighted by Gasteiger charge is -2.35. The molecule has 2 aliphatic rings. The van der Waals surface area contributed by atoms with E-state index in [-0.39, 0.29) is 57.8 Å². The molecule has 22 N–H and O–H groups in total. The van der Waals surface area contributed by atoms with E-state index in [1.165, 1.54) is 26.4 Å². The lowest BCUT2D eigenvalue weighted by molar-refractivity contribution is -0.142. The molecule has 0 radical (unpaired) electrons. The monoisotopic (exact) mass is 1620 g/mol. The molecule has 1 saturated heterocycles. The number of rotatable bonds is 22. The molecule has 7 rings (SSSR count). The summed E-state index contributed by atoms with van der Waals surface area (Å²) in [5.74, 6) is -19.8. The van der Waals surface area contributed by atoms with Crippen molar-refractivity contribution in [1.82, 2.24) is 77.5 Å². The molecular weight excluding hydrogens is 1510 g/mol. The molecule has 13 atom stereocenters. The third-order valence-corrected chi connectivity index (χ3v) is 21.0. The van der Waals surface area contributed by atoms with Crippen molar-refractivity contribution in [3.8, 4) is 0 Å². The molecule has 0 unspecified atom stereocenters. The van der Waals surface area contributed by atoms with Crippen LogP contribution >= 0.6 is 11.8 Å². The minimum Gasteiger partial charge on any atom is -0.391 e. The molecule has 0 bridgehead atoms. The minimum absolute atomic E-state index is 0.134. The summed E-state index contributed by atoms with van der Waals surface area (Å²) in [5.41, 5.74) is 30.9. The van der Waals surface area contributed by atoms with Crippen LogP contribution in [0.3, 0.4) is 0 Å². The molecule has 2 fully saturated rings. The Morgan fingerprint density at radius 1 is 0.513 bits per heavy atom. The fourth-order valence-electron chi connectivity index (χ4n) is 13.5. The fraction of sp³-hybridized carbons (Fsp3) is 0.500. The number of aromatic nitrogens is 3. The highest BCUT2D eigenvalue weighted by Crippen LogP contribution is 2.31. The van der Waals surface area contributed by atoms with Crippen molar-refractivity contribution in [2.24, 2.45) is 54.6 Å². The first-order valence-electron chi connectivity index (χ1n) is 37.6. The van der Waals surface area contributed by atoms with E-state index in [9.17, 15) is 67.4 Å². The van der Waals surface area contributed by atoms with Crippen LogP contribution < -0.4 is 87.2 Å². The number of fused-ring (bicyclic) bond motifs is 2. The van der Waals surface area contributed by atoms with Crippen LogP contribution in [0.4, 0.5) is 0 Å². The SMILES string of the molecule is CC(C)[C@@H]1NC(=O)[C@H](Cc2cn(C)c3ccccc23)NC(=O)[C@H](CC(N)=O)NC(=O)[C@H](CCCC(N)=O)NC(=O)[C@H](C2CCC2)NC(=O)[C@H](CC(N)=O)NC(=O)[C@H](Cc2cccnc2)N(C)C(=O)[C@@H](C)NC(=O)CSC[C@@H](C(N)=O)NC(=O)[C@H](CCCC(N)=O)NC(=O)[C@H]([C@@H](C)O)NC(=O)[C@H](Cc2cn(C)c3ccccc23)NC1=O. The van der Waals surface area contributed by atoms with Crippen molar-refractivity contribution >= 4 is 134 Å². The van der Waals surface area contributed by atoms with Gasteiger partial charge in [-0.25, -0.2) is 0 Å². The van der Waals surface area contributed by atoms with Crippen LogP contribution in [0.25, 0.3) is 21.8 Å². The zero-order valence-electron chi connectivity index (χ0n) is 65.0. The van der Waals surface area contributed by atoms with Crippen LogP contribution in [0.1, 0.15) is 115 Å². The number of pyridine rings is 1. The Bertz CT molecular complexity index is 4430. The highest BCUT2D eigenvalue weighted by Gasteiger charge is 2.42. The number of primary amides is 5. The Hall–Kier alpha value is -12.0. The number of aryl methyl sites for hydroxylation is 2. The maximum atomic E-state index is 15.3. The summed E-state index contributed by atoms with van der Waals surface area (Å²) >= 11 is 0.768. The summed E-state index contributed by atoms with van der Waals surface area (Å²) in [6, 6.07) is -2.81. The van der Waals surface area contributed by atoms with Gasteiger partial charge in [-0.15, -0.1) is 11.8 Å². The number of hydrogen-bond donors (Lipinski definition) is 17. The number of likely N-dealkylation sites (N-methyl/N-ethyl adjacent to an activating group) is 1. The summed E-state index contributed by atoms with van der Waals surface area (Å²) in [6.45, 7) is 5.55. The van der Waals surface area contributed by atoms with Crippen LogP contribution in [0.5, 0.6) is 0 Å². The minimum atomic E-state index is -1.94. The predicted molar refractivity (Wildman–Crippen MR) is 419 cm³/mol. The van der Waals surface area contributed by atoms with Gasteiger partial charge in [-0.1, -0.05) is 62.7 Å². The Kier molecular flexibility index (Phi) is 33.1. The van der Waals surface area contributed by atoms with Gasteiger partial charge in [0.25, 0.3) is 0 Å². The van der Waals surface area contributed by atoms with Gasteiger partial charge in [0.2, 0.25) is 100 Å². The average Bonchev–Trinajstić information content (AvgIpc) is 1.71. The number of nitrogens with one attached hydrogen (secondary N) is 11. The van der Waals surface area contributed by atoms with Gasteiger partial charge in [-0.05, 0) is 99.1 Å². The highest BCUT2D eigenvalue weighted by molar-refractivity contribution is 8.00. The number of para-hydroxylation sites is 2. The maximum Gasteiger partial charge on any atom is 0.245 e. The van der Waals surface area contributed by atoms with Gasteiger partial charge in [0, 0.05) is 106 Å². The molecule has 0 spiro atoms. The lowest BCUT2D eigenvalue weighted by atomic mass is 9.79. The Balaban J connectivity index is 1.31. The Labute approximate surface area is 666 Å². The highest BCUT2D eigenvalue weighted by atomic mass is 32.2. The second-order valence-corrected chi connectivity index (χ2v) is 30.4. The van der Waals surface area contributed by atoms with Crippen molar-refractivity contribution in [2.45, 2.75) is 196 Å². The molecule has 622 valence electrons. The van der Waals surface area contributed by atoms with Crippen LogP contribution in [0, 0.1) is 11.8 Å². The van der Waals surface area contributed by atoms with Crippen LogP contribution in [-0.2, 0) is 115 Å². The number of hydrogen-bond acceptors (Lipinski definition) is 20. The van der Waals surface area contributed by atoms with Crippen molar-refractivity contribution in [2.75, 3.05) is 18.6 Å². The van der Waals surface area contributed by atoms with Crippen LogP contribution in [0.2, 0.25) is 0 Å². The van der Waals surface area contributed by atoms with E-state index in [1.54, 1.807) is 110 Å². The first-order valence-corrected chi connectivity index (χ1v) is 38.8. The van der Waals surface area contributed by atoms with E-state index in [0.717, 1.165) is 23.6 Å². The van der Waals surface area contributed by atoms with E-state index >= 15 is 19.2 Å². The molecule has 5 aromatic rings. The summed E-state index contributed by atoms with van der Waals surface area (Å²) < 4.78 is 3.51. The lowest BCUT2D eigenvalue weighted by Crippen LogP contribution is -2.63. The first kappa shape index (κ1) is 90.2. The zero-order valence-corrected chi connectivity index (χ0v) is 65.8. The van der Waals surface area contributed by atoms with Gasteiger partial charge in [0.05, 0.1) is 24.7 Å². The van der Waals surface area contributed by atoms with Gasteiger partial charge in [-0.3, -0.25) is 86.5 Å². The van der Waals surface area contributed by atoms with Gasteiger partial charge >= 0.3 is 0 Å². The third-order valence-electron chi connectivity index (χ3n) is 20.0. The van der Waals surface area contributed by atoms with Crippen molar-refractivity contribution < 1.29 is 86.6 Å². The molecule has 2 aromatic carbocycles. The molecule has 17 amide bonds. The number of aliphatic hydroxyl groups is 1. The first-order chi connectivity index (χ1) is 54.4. The molecule has 1 aliphatic carbocycles. The number of amides is 17. The van der Waals surface area contributed by atoms with Crippen molar-refractivity contribution in [1.29, 1.82) is 0 Å². The van der Waals surface area contributed by atoms with Gasteiger partial charge in [0.1, 0.15) is 72.5 Å². The summed E-state index contributed by atoms with van der Waals surface area (Å²) in [5, 5.41) is 40.7. The molecule has 4 heterocycles. The van der Waals surface area contributed by atoms with Crippen molar-refractivity contribution in [3.63, 3.8) is 0 Å². The number of carbonyl (C=O) groups is 17. The molecule has 1 saturated carbocycles. The fourth-order valence-corrected chi connectivity index (χ4v) is 14.4. The molecule has 1 aliphatic heterocycles.